The molecule has 0 heterocycles. The third kappa shape index (κ3) is 3.38. The molecule has 0 spiro atoms. The first-order valence-corrected chi connectivity index (χ1v) is 8.61. The van der Waals surface area contributed by atoms with Crippen LogP contribution in [-0.4, -0.2) is 10.2 Å². The fraction of sp³-hybridized carbons (Fsp3) is 0.700. The van der Waals surface area contributed by atoms with E-state index in [9.17, 15) is 10.2 Å². The largest absolute Gasteiger partial charge is 0.392 e. The number of rotatable bonds is 6. The summed E-state index contributed by atoms with van der Waals surface area (Å²) in [7, 11) is 0. The van der Waals surface area contributed by atoms with Crippen LogP contribution in [0.2, 0.25) is 0 Å². The first-order chi connectivity index (χ1) is 10.2. The molecule has 1 aromatic carbocycles. The molecule has 2 heteroatoms. The molecular formula is C20H34O2. The van der Waals surface area contributed by atoms with Crippen LogP contribution >= 0.6 is 0 Å². The lowest BCUT2D eigenvalue weighted by molar-refractivity contribution is 0.269. The molecule has 0 saturated heterocycles. The highest BCUT2D eigenvalue weighted by molar-refractivity contribution is 5.56. The maximum atomic E-state index is 10.1. The lowest BCUT2D eigenvalue weighted by Crippen LogP contribution is -2.17. The average molecular weight is 306 g/mol. The van der Waals surface area contributed by atoms with Gasteiger partial charge in [-0.25, -0.2) is 0 Å². The van der Waals surface area contributed by atoms with Gasteiger partial charge in [0.2, 0.25) is 0 Å². The van der Waals surface area contributed by atoms with Crippen molar-refractivity contribution < 1.29 is 10.2 Å². The van der Waals surface area contributed by atoms with E-state index in [0.29, 0.717) is 23.7 Å². The van der Waals surface area contributed by atoms with E-state index in [2.05, 4.69) is 55.4 Å². The van der Waals surface area contributed by atoms with E-state index in [0.717, 1.165) is 16.7 Å². The molecule has 0 aromatic heterocycles. The fourth-order valence-electron chi connectivity index (χ4n) is 3.92. The Bertz CT molecular complexity index is 474. The SMILES string of the molecule is CC(C)c1c(CO)c(C(C)C)c(C(C)C)c(C(C)C)c1CO. The van der Waals surface area contributed by atoms with E-state index in [1.54, 1.807) is 0 Å². The van der Waals surface area contributed by atoms with Crippen LogP contribution in [0.4, 0.5) is 0 Å². The predicted molar refractivity (Wildman–Crippen MR) is 94.6 cm³/mol. The number of aliphatic hydroxyl groups is 2. The highest BCUT2D eigenvalue weighted by atomic mass is 16.3. The van der Waals surface area contributed by atoms with Crippen molar-refractivity contribution in [1.82, 2.24) is 0 Å². The maximum absolute atomic E-state index is 10.1. The van der Waals surface area contributed by atoms with E-state index in [1.165, 1.54) is 16.7 Å². The zero-order valence-corrected chi connectivity index (χ0v) is 15.6. The zero-order chi connectivity index (χ0) is 17.2. The standard InChI is InChI=1S/C20H34O2/c1-11(2)17-15(9-21)18(12(3)4)20(14(7)8)19(13(5)6)16(17)10-22/h11-14,21-22H,9-10H2,1-8H3. The van der Waals surface area contributed by atoms with Gasteiger partial charge in [-0.1, -0.05) is 55.4 Å². The Morgan fingerprint density at radius 2 is 0.773 bits per heavy atom. The maximum Gasteiger partial charge on any atom is 0.0687 e. The number of aliphatic hydroxyl groups excluding tert-OH is 2. The molecule has 0 aliphatic carbocycles. The molecule has 0 saturated carbocycles. The highest BCUT2D eigenvalue weighted by Crippen LogP contribution is 2.42. The molecule has 2 N–H and O–H groups in total. The molecule has 0 unspecified atom stereocenters. The Morgan fingerprint density at radius 3 is 0.955 bits per heavy atom. The molecule has 1 aromatic rings. The molecule has 22 heavy (non-hydrogen) atoms. The third-order valence-electron chi connectivity index (χ3n) is 4.51. The van der Waals surface area contributed by atoms with Gasteiger partial charge in [-0.2, -0.15) is 0 Å². The lowest BCUT2D eigenvalue weighted by Gasteiger charge is -2.32. The van der Waals surface area contributed by atoms with Gasteiger partial charge >= 0.3 is 0 Å². The van der Waals surface area contributed by atoms with Gasteiger partial charge in [-0.05, 0) is 57.1 Å². The summed E-state index contributed by atoms with van der Waals surface area (Å²) in [5.41, 5.74) is 7.16. The molecule has 1 rings (SSSR count). The summed E-state index contributed by atoms with van der Waals surface area (Å²) >= 11 is 0. The van der Waals surface area contributed by atoms with Crippen LogP contribution < -0.4 is 0 Å². The summed E-state index contributed by atoms with van der Waals surface area (Å²) < 4.78 is 0. The lowest BCUT2D eigenvalue weighted by atomic mass is 9.74. The molecule has 2 nitrogen and oxygen atoms in total. The van der Waals surface area contributed by atoms with Crippen LogP contribution in [0, 0.1) is 0 Å². The van der Waals surface area contributed by atoms with Crippen molar-refractivity contribution >= 4 is 0 Å². The average Bonchev–Trinajstić information content (AvgIpc) is 2.42. The molecular weight excluding hydrogens is 272 g/mol. The smallest absolute Gasteiger partial charge is 0.0687 e. The summed E-state index contributed by atoms with van der Waals surface area (Å²) in [5, 5.41) is 20.1. The second kappa shape index (κ2) is 7.61. The van der Waals surface area contributed by atoms with Crippen LogP contribution in [0.1, 0.15) is 112 Å². The minimum atomic E-state index is 0.0477. The monoisotopic (exact) mass is 306 g/mol. The zero-order valence-electron chi connectivity index (χ0n) is 15.6. The highest BCUT2D eigenvalue weighted by Gasteiger charge is 2.27. The second-order valence-electron chi connectivity index (χ2n) is 7.55. The summed E-state index contributed by atoms with van der Waals surface area (Å²) in [6, 6.07) is 0. The van der Waals surface area contributed by atoms with E-state index in [4.69, 9.17) is 0 Å². The van der Waals surface area contributed by atoms with Gasteiger partial charge in [0.15, 0.2) is 0 Å². The Labute approximate surface area is 136 Å². The Hall–Kier alpha value is -0.860. The van der Waals surface area contributed by atoms with Gasteiger partial charge in [-0.3, -0.25) is 0 Å². The van der Waals surface area contributed by atoms with Crippen molar-refractivity contribution in [2.45, 2.75) is 92.3 Å². The van der Waals surface area contributed by atoms with Crippen molar-refractivity contribution in [2.75, 3.05) is 0 Å². The number of benzene rings is 1. The molecule has 0 fully saturated rings. The van der Waals surface area contributed by atoms with Gasteiger partial charge in [0.1, 0.15) is 0 Å². The number of hydrogen-bond donors (Lipinski definition) is 2. The van der Waals surface area contributed by atoms with Crippen molar-refractivity contribution in [3.8, 4) is 0 Å². The van der Waals surface area contributed by atoms with Crippen LogP contribution in [0.25, 0.3) is 0 Å². The summed E-state index contributed by atoms with van der Waals surface area (Å²) in [5.74, 6) is 1.40. The predicted octanol–water partition coefficient (Wildman–Crippen LogP) is 5.16. The normalized spacial score (nSPS) is 12.3. The summed E-state index contributed by atoms with van der Waals surface area (Å²) in [4.78, 5) is 0. The van der Waals surface area contributed by atoms with E-state index in [1.807, 2.05) is 0 Å². The first kappa shape index (κ1) is 19.2. The molecule has 0 amide bonds. The second-order valence-corrected chi connectivity index (χ2v) is 7.55. The summed E-state index contributed by atoms with van der Waals surface area (Å²) in [6.45, 7) is 17.6. The quantitative estimate of drug-likeness (QED) is 0.761. The van der Waals surface area contributed by atoms with Crippen LogP contribution in [0.3, 0.4) is 0 Å². The Balaban J connectivity index is 4.06. The first-order valence-electron chi connectivity index (χ1n) is 8.61. The van der Waals surface area contributed by atoms with Crippen molar-refractivity contribution in [1.29, 1.82) is 0 Å². The number of hydrogen-bond acceptors (Lipinski definition) is 2. The van der Waals surface area contributed by atoms with Gasteiger partial charge in [0, 0.05) is 0 Å². The van der Waals surface area contributed by atoms with Crippen LogP contribution in [0.15, 0.2) is 0 Å². The van der Waals surface area contributed by atoms with Crippen molar-refractivity contribution in [3.63, 3.8) is 0 Å². The van der Waals surface area contributed by atoms with Crippen molar-refractivity contribution in [3.05, 3.63) is 33.4 Å². The van der Waals surface area contributed by atoms with Gasteiger partial charge in [0.05, 0.1) is 13.2 Å². The van der Waals surface area contributed by atoms with E-state index >= 15 is 0 Å². The van der Waals surface area contributed by atoms with Gasteiger partial charge in [-0.15, -0.1) is 0 Å². The molecule has 0 bridgehead atoms. The summed E-state index contributed by atoms with van der Waals surface area (Å²) in [6.07, 6.45) is 0. The Morgan fingerprint density at radius 1 is 0.500 bits per heavy atom. The van der Waals surface area contributed by atoms with E-state index < -0.39 is 0 Å². The third-order valence-corrected chi connectivity index (χ3v) is 4.51. The topological polar surface area (TPSA) is 40.5 Å². The van der Waals surface area contributed by atoms with Crippen molar-refractivity contribution in [2.24, 2.45) is 0 Å². The van der Waals surface area contributed by atoms with Gasteiger partial charge in [0.25, 0.3) is 0 Å². The minimum absolute atomic E-state index is 0.0477. The minimum Gasteiger partial charge on any atom is -0.392 e. The van der Waals surface area contributed by atoms with Crippen LogP contribution in [-0.2, 0) is 13.2 Å². The Kier molecular flexibility index (Phi) is 6.64. The molecule has 0 atom stereocenters. The molecule has 0 radical (unpaired) electrons. The molecule has 0 aliphatic heterocycles. The van der Waals surface area contributed by atoms with Gasteiger partial charge < -0.3 is 10.2 Å². The molecule has 126 valence electrons. The van der Waals surface area contributed by atoms with Crippen LogP contribution in [0.5, 0.6) is 0 Å². The molecule has 0 aliphatic rings. The van der Waals surface area contributed by atoms with E-state index in [-0.39, 0.29) is 13.2 Å². The fourth-order valence-corrected chi connectivity index (χ4v) is 3.92.